The second-order valence-corrected chi connectivity index (χ2v) is 8.73. The Kier molecular flexibility index (Phi) is 8.25. The average Bonchev–Trinajstić information content (AvgIpc) is 2.73. The van der Waals surface area contributed by atoms with E-state index in [1.165, 1.54) is 11.8 Å². The Morgan fingerprint density at radius 2 is 1.80 bits per heavy atom. The number of thioether (sulfide) groups is 1. The third kappa shape index (κ3) is 6.03. The Morgan fingerprint density at radius 1 is 1.10 bits per heavy atom. The molecule has 0 bridgehead atoms. The first-order valence-corrected chi connectivity index (χ1v) is 11.6. The Hall–Kier alpha value is -1.95. The fraction of sp³-hybridized carbons (Fsp3) is 0.304. The van der Waals surface area contributed by atoms with Crippen LogP contribution in [-0.4, -0.2) is 16.6 Å². The Labute approximate surface area is 191 Å². The van der Waals surface area contributed by atoms with Gasteiger partial charge in [0.1, 0.15) is 5.75 Å². The quantitative estimate of drug-likeness (QED) is 0.225. The second-order valence-electron chi connectivity index (χ2n) is 6.95. The molecule has 0 radical (unpaired) electrons. The van der Waals surface area contributed by atoms with Crippen molar-refractivity contribution in [2.45, 2.75) is 44.0 Å². The van der Waals surface area contributed by atoms with Gasteiger partial charge in [-0.05, 0) is 48.7 Å². The van der Waals surface area contributed by atoms with Crippen molar-refractivity contribution >= 4 is 35.0 Å². The fourth-order valence-corrected chi connectivity index (χ4v) is 4.20. The van der Waals surface area contributed by atoms with Crippen LogP contribution in [-0.2, 0) is 12.2 Å². The van der Waals surface area contributed by atoms with E-state index in [1.54, 1.807) is 25.1 Å². The molecule has 0 saturated carbocycles. The predicted molar refractivity (Wildman–Crippen MR) is 125 cm³/mol. The zero-order valence-corrected chi connectivity index (χ0v) is 19.3. The number of H-pyrrole nitrogens is 1. The van der Waals surface area contributed by atoms with Crippen molar-refractivity contribution in [1.29, 1.82) is 0 Å². The predicted octanol–water partition coefficient (Wildman–Crippen LogP) is 6.45. The van der Waals surface area contributed by atoms with Gasteiger partial charge in [0.05, 0.1) is 12.3 Å². The first-order valence-electron chi connectivity index (χ1n) is 9.85. The molecule has 4 nitrogen and oxygen atoms in total. The first kappa shape index (κ1) is 22.7. The molecule has 0 fully saturated rings. The Morgan fingerprint density at radius 3 is 2.47 bits per heavy atom. The highest BCUT2D eigenvalue weighted by atomic mass is 35.5. The highest BCUT2D eigenvalue weighted by Crippen LogP contribution is 2.28. The minimum absolute atomic E-state index is 0.148. The molecule has 0 amide bonds. The van der Waals surface area contributed by atoms with Crippen LogP contribution in [0.25, 0.3) is 0 Å². The number of nitrogens with one attached hydrogen (secondary N) is 1. The van der Waals surface area contributed by atoms with E-state index in [4.69, 9.17) is 27.9 Å². The minimum atomic E-state index is -0.148. The molecule has 1 aromatic heterocycles. The van der Waals surface area contributed by atoms with Crippen molar-refractivity contribution in [2.24, 2.45) is 0 Å². The van der Waals surface area contributed by atoms with Gasteiger partial charge in [-0.3, -0.25) is 4.79 Å². The molecular formula is C23H24Cl2N2O2S. The number of hydrogen-bond acceptors (Lipinski definition) is 4. The monoisotopic (exact) mass is 462 g/mol. The summed E-state index contributed by atoms with van der Waals surface area (Å²) in [6, 6.07) is 13.4. The minimum Gasteiger partial charge on any atom is -0.494 e. The van der Waals surface area contributed by atoms with Gasteiger partial charge in [0, 0.05) is 27.8 Å². The van der Waals surface area contributed by atoms with E-state index in [1.807, 2.05) is 24.3 Å². The topological polar surface area (TPSA) is 55.0 Å². The number of nitrogens with zero attached hydrogens (tertiary/aromatic N) is 1. The van der Waals surface area contributed by atoms with Crippen LogP contribution >= 0.6 is 35.0 Å². The van der Waals surface area contributed by atoms with Crippen LogP contribution in [0.1, 0.15) is 42.1 Å². The van der Waals surface area contributed by atoms with Gasteiger partial charge in [-0.25, -0.2) is 4.98 Å². The maximum atomic E-state index is 12.4. The number of aromatic nitrogens is 2. The number of halogens is 2. The number of aromatic amines is 1. The SMILES string of the molecule is CCCCOc1ccc(CSc2nc(Cc3c(Cl)cccc3Cl)c(C)c(=O)[nH]2)cc1. The van der Waals surface area contributed by atoms with Gasteiger partial charge in [0.25, 0.3) is 5.56 Å². The van der Waals surface area contributed by atoms with E-state index in [-0.39, 0.29) is 5.56 Å². The standard InChI is InChI=1S/C23H24Cl2N2O2S/c1-3-4-12-29-17-10-8-16(9-11-17)14-30-23-26-21(15(2)22(28)27-23)13-18-19(24)6-5-7-20(18)25/h5-11H,3-4,12-14H2,1-2H3,(H,26,27,28). The van der Waals surface area contributed by atoms with Gasteiger partial charge >= 0.3 is 0 Å². The number of ether oxygens (including phenoxy) is 1. The molecular weight excluding hydrogens is 439 g/mol. The number of rotatable bonds is 9. The highest BCUT2D eigenvalue weighted by molar-refractivity contribution is 7.98. The third-order valence-corrected chi connectivity index (χ3v) is 6.35. The second kappa shape index (κ2) is 10.9. The van der Waals surface area contributed by atoms with E-state index in [0.29, 0.717) is 38.6 Å². The van der Waals surface area contributed by atoms with Crippen LogP contribution in [0.3, 0.4) is 0 Å². The summed E-state index contributed by atoms with van der Waals surface area (Å²) in [6.45, 7) is 4.64. The summed E-state index contributed by atoms with van der Waals surface area (Å²) in [5, 5.41) is 1.71. The highest BCUT2D eigenvalue weighted by Gasteiger charge is 2.13. The molecule has 3 aromatic rings. The zero-order valence-electron chi connectivity index (χ0n) is 17.0. The zero-order chi connectivity index (χ0) is 21.5. The van der Waals surface area contributed by atoms with E-state index in [0.717, 1.165) is 36.3 Å². The van der Waals surface area contributed by atoms with E-state index in [9.17, 15) is 4.79 Å². The van der Waals surface area contributed by atoms with Crippen molar-refractivity contribution in [3.8, 4) is 5.75 Å². The normalized spacial score (nSPS) is 10.9. The van der Waals surface area contributed by atoms with E-state index in [2.05, 4.69) is 16.9 Å². The molecule has 7 heteroatoms. The maximum Gasteiger partial charge on any atom is 0.254 e. The molecule has 0 spiro atoms. The van der Waals surface area contributed by atoms with Crippen LogP contribution < -0.4 is 10.3 Å². The van der Waals surface area contributed by atoms with Crippen LogP contribution in [0, 0.1) is 6.92 Å². The van der Waals surface area contributed by atoms with Gasteiger partial charge in [-0.2, -0.15) is 0 Å². The van der Waals surface area contributed by atoms with E-state index < -0.39 is 0 Å². The maximum absolute atomic E-state index is 12.4. The summed E-state index contributed by atoms with van der Waals surface area (Å²) in [5.41, 5.74) is 3.00. The molecule has 0 aliphatic heterocycles. The summed E-state index contributed by atoms with van der Waals surface area (Å²) >= 11 is 14.1. The molecule has 3 rings (SSSR count). The molecule has 1 heterocycles. The summed E-state index contributed by atoms with van der Waals surface area (Å²) < 4.78 is 5.70. The van der Waals surface area contributed by atoms with Gasteiger partial charge in [0.15, 0.2) is 5.16 Å². The van der Waals surface area contributed by atoms with Crippen LogP contribution in [0.4, 0.5) is 0 Å². The summed E-state index contributed by atoms with van der Waals surface area (Å²) in [6.07, 6.45) is 2.57. The van der Waals surface area contributed by atoms with Crippen LogP contribution in [0.5, 0.6) is 5.75 Å². The molecule has 30 heavy (non-hydrogen) atoms. The van der Waals surface area contributed by atoms with Gasteiger partial charge in [-0.15, -0.1) is 0 Å². The lowest BCUT2D eigenvalue weighted by Gasteiger charge is -2.10. The Bertz CT molecular complexity index is 1030. The molecule has 0 aliphatic carbocycles. The van der Waals surface area contributed by atoms with Gasteiger partial charge in [-0.1, -0.05) is 66.5 Å². The largest absolute Gasteiger partial charge is 0.494 e. The molecule has 0 saturated heterocycles. The average molecular weight is 463 g/mol. The smallest absolute Gasteiger partial charge is 0.254 e. The van der Waals surface area contributed by atoms with Gasteiger partial charge in [0.2, 0.25) is 0 Å². The summed E-state index contributed by atoms with van der Waals surface area (Å²) in [7, 11) is 0. The van der Waals surface area contributed by atoms with Crippen molar-refractivity contribution in [3.63, 3.8) is 0 Å². The third-order valence-electron chi connectivity index (χ3n) is 4.70. The molecule has 0 atom stereocenters. The van der Waals surface area contributed by atoms with E-state index >= 15 is 0 Å². The summed E-state index contributed by atoms with van der Waals surface area (Å²) in [5.74, 6) is 1.56. The molecule has 0 unspecified atom stereocenters. The number of unbranched alkanes of at least 4 members (excludes halogenated alkanes) is 1. The Balaban J connectivity index is 1.70. The fourth-order valence-electron chi connectivity index (χ4n) is 2.83. The molecule has 1 N–H and O–H groups in total. The molecule has 2 aromatic carbocycles. The number of benzene rings is 2. The lowest BCUT2D eigenvalue weighted by molar-refractivity contribution is 0.309. The van der Waals surface area contributed by atoms with Gasteiger partial charge < -0.3 is 9.72 Å². The van der Waals surface area contributed by atoms with Crippen LogP contribution in [0.15, 0.2) is 52.4 Å². The lowest BCUT2D eigenvalue weighted by Crippen LogP contribution is -2.16. The van der Waals surface area contributed by atoms with Crippen LogP contribution in [0.2, 0.25) is 10.0 Å². The van der Waals surface area contributed by atoms with Crippen molar-refractivity contribution in [3.05, 3.63) is 85.2 Å². The van der Waals surface area contributed by atoms with Crippen molar-refractivity contribution in [1.82, 2.24) is 9.97 Å². The summed E-state index contributed by atoms with van der Waals surface area (Å²) in [4.78, 5) is 19.9. The van der Waals surface area contributed by atoms with Crippen molar-refractivity contribution < 1.29 is 4.74 Å². The molecule has 0 aliphatic rings. The number of hydrogen-bond donors (Lipinski definition) is 1. The first-order chi connectivity index (χ1) is 14.5. The molecule has 158 valence electrons. The lowest BCUT2D eigenvalue weighted by atomic mass is 10.1. The van der Waals surface area contributed by atoms with Crippen molar-refractivity contribution in [2.75, 3.05) is 6.61 Å².